The average Bonchev–Trinajstić information content (AvgIpc) is 2.30. The van der Waals surface area contributed by atoms with Gasteiger partial charge in [0.05, 0.1) is 11.8 Å². The summed E-state index contributed by atoms with van der Waals surface area (Å²) in [6, 6.07) is 4.97. The van der Waals surface area contributed by atoms with Crippen LogP contribution in [0, 0.1) is 0 Å². The van der Waals surface area contributed by atoms with Crippen LogP contribution >= 0.6 is 0 Å². The second-order valence-corrected chi connectivity index (χ2v) is 4.50. The lowest BCUT2D eigenvalue weighted by atomic mass is 10.1. The van der Waals surface area contributed by atoms with Gasteiger partial charge in [-0.25, -0.2) is 0 Å². The topological polar surface area (TPSA) is 55.5 Å². The van der Waals surface area contributed by atoms with Crippen molar-refractivity contribution in [1.29, 1.82) is 0 Å². The summed E-state index contributed by atoms with van der Waals surface area (Å²) in [5.74, 6) is 0.830. The van der Waals surface area contributed by atoms with Crippen LogP contribution in [0.15, 0.2) is 18.2 Å². The highest BCUT2D eigenvalue weighted by Gasteiger charge is 2.05. The molecule has 1 aromatic rings. The minimum atomic E-state index is 0.105. The van der Waals surface area contributed by atoms with Crippen molar-refractivity contribution in [3.05, 3.63) is 18.2 Å². The SMILES string of the molecule is CCCCCC[C@H](C)Oc1ccc(O)c(N)c1. The number of rotatable bonds is 7. The van der Waals surface area contributed by atoms with E-state index in [0.29, 0.717) is 5.69 Å². The summed E-state index contributed by atoms with van der Waals surface area (Å²) in [7, 11) is 0. The molecule has 0 saturated carbocycles. The Morgan fingerprint density at radius 2 is 2.06 bits per heavy atom. The third-order valence-corrected chi connectivity index (χ3v) is 2.80. The molecule has 0 spiro atoms. The highest BCUT2D eigenvalue weighted by atomic mass is 16.5. The molecule has 0 aliphatic rings. The molecule has 1 atom stereocenters. The summed E-state index contributed by atoms with van der Waals surface area (Å²) in [5.41, 5.74) is 5.97. The fraction of sp³-hybridized carbons (Fsp3) is 0.571. The lowest BCUT2D eigenvalue weighted by Gasteiger charge is -2.15. The largest absolute Gasteiger partial charge is 0.506 e. The fourth-order valence-electron chi connectivity index (χ4n) is 1.76. The van der Waals surface area contributed by atoms with Gasteiger partial charge in [0.1, 0.15) is 11.5 Å². The molecule has 0 unspecified atom stereocenters. The molecule has 0 aliphatic carbocycles. The Morgan fingerprint density at radius 3 is 2.71 bits per heavy atom. The van der Waals surface area contributed by atoms with Crippen molar-refractivity contribution in [2.45, 2.75) is 52.1 Å². The molecule has 17 heavy (non-hydrogen) atoms. The number of anilines is 1. The van der Waals surface area contributed by atoms with Gasteiger partial charge >= 0.3 is 0 Å². The third-order valence-electron chi connectivity index (χ3n) is 2.80. The van der Waals surface area contributed by atoms with Crippen LogP contribution in [0.1, 0.15) is 46.0 Å². The van der Waals surface area contributed by atoms with Gasteiger partial charge in [0.25, 0.3) is 0 Å². The van der Waals surface area contributed by atoms with Crippen LogP contribution in [0.2, 0.25) is 0 Å². The summed E-state index contributed by atoms with van der Waals surface area (Å²) in [6.07, 6.45) is 6.25. The summed E-state index contributed by atoms with van der Waals surface area (Å²) < 4.78 is 5.74. The van der Waals surface area contributed by atoms with E-state index in [4.69, 9.17) is 10.5 Å². The maximum Gasteiger partial charge on any atom is 0.138 e. The molecule has 96 valence electrons. The van der Waals surface area contributed by atoms with E-state index in [1.807, 2.05) is 0 Å². The van der Waals surface area contributed by atoms with E-state index in [2.05, 4.69) is 13.8 Å². The quantitative estimate of drug-likeness (QED) is 0.432. The molecule has 0 amide bonds. The number of phenols is 1. The highest BCUT2D eigenvalue weighted by Crippen LogP contribution is 2.26. The predicted octanol–water partition coefficient (Wildman–Crippen LogP) is 3.71. The molecule has 3 N–H and O–H groups in total. The van der Waals surface area contributed by atoms with Gasteiger partial charge in [-0.05, 0) is 31.9 Å². The van der Waals surface area contributed by atoms with Crippen molar-refractivity contribution in [3.8, 4) is 11.5 Å². The zero-order valence-corrected chi connectivity index (χ0v) is 10.8. The average molecular weight is 237 g/mol. The maximum atomic E-state index is 9.30. The van der Waals surface area contributed by atoms with Crippen molar-refractivity contribution in [2.24, 2.45) is 0 Å². The lowest BCUT2D eigenvalue weighted by Crippen LogP contribution is -2.11. The van der Waals surface area contributed by atoms with Gasteiger partial charge in [0.15, 0.2) is 0 Å². The molecule has 0 fully saturated rings. The molecule has 0 heterocycles. The summed E-state index contributed by atoms with van der Waals surface area (Å²) in [4.78, 5) is 0. The van der Waals surface area contributed by atoms with E-state index >= 15 is 0 Å². The number of ether oxygens (including phenoxy) is 1. The first-order chi connectivity index (χ1) is 8.13. The Balaban J connectivity index is 2.34. The molecular formula is C14H23NO2. The van der Waals surface area contributed by atoms with Crippen molar-refractivity contribution in [2.75, 3.05) is 5.73 Å². The molecule has 0 saturated heterocycles. The smallest absolute Gasteiger partial charge is 0.138 e. The van der Waals surface area contributed by atoms with Gasteiger partial charge in [0, 0.05) is 6.07 Å². The molecule has 0 aromatic heterocycles. The van der Waals surface area contributed by atoms with Gasteiger partial charge in [-0.1, -0.05) is 26.2 Å². The number of hydrogen-bond acceptors (Lipinski definition) is 3. The summed E-state index contributed by atoms with van der Waals surface area (Å²) >= 11 is 0. The number of nitrogens with two attached hydrogens (primary N) is 1. The number of phenolic OH excluding ortho intramolecular Hbond substituents is 1. The second kappa shape index (κ2) is 7.05. The first kappa shape index (κ1) is 13.7. The Hall–Kier alpha value is -1.38. The molecule has 3 nitrogen and oxygen atoms in total. The van der Waals surface area contributed by atoms with Crippen molar-refractivity contribution in [1.82, 2.24) is 0 Å². The minimum Gasteiger partial charge on any atom is -0.506 e. The van der Waals surface area contributed by atoms with Crippen molar-refractivity contribution in [3.63, 3.8) is 0 Å². The maximum absolute atomic E-state index is 9.30. The van der Waals surface area contributed by atoms with E-state index in [1.165, 1.54) is 25.7 Å². The van der Waals surface area contributed by atoms with Gasteiger partial charge in [0.2, 0.25) is 0 Å². The number of unbranched alkanes of at least 4 members (excludes halogenated alkanes) is 3. The van der Waals surface area contributed by atoms with E-state index in [0.717, 1.165) is 12.2 Å². The molecule has 1 aromatic carbocycles. The molecule has 0 bridgehead atoms. The lowest BCUT2D eigenvalue weighted by molar-refractivity contribution is 0.206. The number of aromatic hydroxyl groups is 1. The van der Waals surface area contributed by atoms with Gasteiger partial charge in [-0.15, -0.1) is 0 Å². The zero-order chi connectivity index (χ0) is 12.7. The molecule has 0 radical (unpaired) electrons. The van der Waals surface area contributed by atoms with E-state index in [9.17, 15) is 5.11 Å². The van der Waals surface area contributed by atoms with Crippen molar-refractivity contribution < 1.29 is 9.84 Å². The Bertz CT molecular complexity index is 339. The third kappa shape index (κ3) is 4.98. The van der Waals surface area contributed by atoms with E-state index < -0.39 is 0 Å². The molecular weight excluding hydrogens is 214 g/mol. The second-order valence-electron chi connectivity index (χ2n) is 4.50. The van der Waals surface area contributed by atoms with Crippen LogP contribution in [0.4, 0.5) is 5.69 Å². The number of nitrogen functional groups attached to an aromatic ring is 1. The number of benzene rings is 1. The molecule has 3 heteroatoms. The van der Waals surface area contributed by atoms with Crippen LogP contribution in [-0.4, -0.2) is 11.2 Å². The standard InChI is InChI=1S/C14H23NO2/c1-3-4-5-6-7-11(2)17-12-8-9-14(16)13(15)10-12/h8-11,16H,3-7,15H2,1-2H3/t11-/m0/s1. The first-order valence-electron chi connectivity index (χ1n) is 6.38. The van der Waals surface area contributed by atoms with Gasteiger partial charge in [-0.2, -0.15) is 0 Å². The van der Waals surface area contributed by atoms with E-state index in [-0.39, 0.29) is 11.9 Å². The highest BCUT2D eigenvalue weighted by molar-refractivity contribution is 5.55. The monoisotopic (exact) mass is 237 g/mol. The predicted molar refractivity (Wildman–Crippen MR) is 71.4 cm³/mol. The zero-order valence-electron chi connectivity index (χ0n) is 10.8. The van der Waals surface area contributed by atoms with E-state index in [1.54, 1.807) is 18.2 Å². The molecule has 1 rings (SSSR count). The van der Waals surface area contributed by atoms with Crippen LogP contribution in [0.3, 0.4) is 0 Å². The fourth-order valence-corrected chi connectivity index (χ4v) is 1.76. The Morgan fingerprint density at radius 1 is 1.29 bits per heavy atom. The minimum absolute atomic E-state index is 0.105. The van der Waals surface area contributed by atoms with Crippen LogP contribution in [-0.2, 0) is 0 Å². The van der Waals surface area contributed by atoms with Crippen molar-refractivity contribution >= 4 is 5.69 Å². The van der Waals surface area contributed by atoms with Crippen LogP contribution in [0.5, 0.6) is 11.5 Å². The Kier molecular flexibility index (Phi) is 5.67. The van der Waals surface area contributed by atoms with Gasteiger partial charge in [-0.3, -0.25) is 0 Å². The first-order valence-corrected chi connectivity index (χ1v) is 6.38. The summed E-state index contributed by atoms with van der Waals surface area (Å²) in [5, 5.41) is 9.30. The number of hydrogen-bond donors (Lipinski definition) is 2. The van der Waals surface area contributed by atoms with Crippen LogP contribution in [0.25, 0.3) is 0 Å². The molecule has 0 aliphatic heterocycles. The Labute approximate surface area is 104 Å². The van der Waals surface area contributed by atoms with Gasteiger partial charge < -0.3 is 15.6 Å². The normalized spacial score (nSPS) is 12.4. The summed E-state index contributed by atoms with van der Waals surface area (Å²) in [6.45, 7) is 4.27. The van der Waals surface area contributed by atoms with Crippen LogP contribution < -0.4 is 10.5 Å².